The van der Waals surface area contributed by atoms with E-state index in [9.17, 15) is 9.90 Å². The number of morpholine rings is 1. The molecule has 2 atom stereocenters. The number of rotatable bonds is 4. The van der Waals surface area contributed by atoms with Crippen LogP contribution in [0.5, 0.6) is 6.01 Å². The minimum Gasteiger partial charge on any atom is -0.467 e. The zero-order valence-corrected chi connectivity index (χ0v) is 22.7. The number of hydrogen-bond acceptors (Lipinski definition) is 9. The van der Waals surface area contributed by atoms with Crippen molar-refractivity contribution >= 4 is 22.8 Å². The molecule has 0 bridgehead atoms. The van der Waals surface area contributed by atoms with E-state index >= 15 is 0 Å². The topological polar surface area (TPSA) is 115 Å². The summed E-state index contributed by atoms with van der Waals surface area (Å²) in [5.74, 6) is 1.24. The molecule has 2 aliphatic rings. The fourth-order valence-electron chi connectivity index (χ4n) is 5.13. The first-order valence-electron chi connectivity index (χ1n) is 13.0. The third-order valence-corrected chi connectivity index (χ3v) is 7.00. The van der Waals surface area contributed by atoms with E-state index in [-0.39, 0.29) is 18.5 Å². The van der Waals surface area contributed by atoms with Crippen LogP contribution in [0.1, 0.15) is 44.2 Å². The lowest BCUT2D eigenvalue weighted by Gasteiger charge is -2.37. The third-order valence-electron chi connectivity index (χ3n) is 7.00. The molecule has 0 spiro atoms. The summed E-state index contributed by atoms with van der Waals surface area (Å²) in [6.07, 6.45) is 1.34. The predicted octanol–water partition coefficient (Wildman–Crippen LogP) is 3.05. The van der Waals surface area contributed by atoms with Crippen LogP contribution in [-0.2, 0) is 9.47 Å². The van der Waals surface area contributed by atoms with E-state index < -0.39 is 17.8 Å². The molecule has 11 heteroatoms. The standard InChI is InChI=1S/C27H36N6O5/c1-17-12-18-15-28-33(24-14-23(29-25(30-24)36-5)31-8-10-37-11-9-31)21(18)13-20(17)19-6-7-32(16-22(19)34)26(35)38-27(2,3)4/h12-15,19,22,34H,6-11,16H2,1-5H3/t19-,22+/m1/s1. The smallest absolute Gasteiger partial charge is 0.410 e. The van der Waals surface area contributed by atoms with Gasteiger partial charge in [0.2, 0.25) is 0 Å². The van der Waals surface area contributed by atoms with Gasteiger partial charge in [-0.05, 0) is 57.4 Å². The number of piperidine rings is 1. The monoisotopic (exact) mass is 524 g/mol. The molecular formula is C27H36N6O5. The van der Waals surface area contributed by atoms with Crippen molar-refractivity contribution in [3.63, 3.8) is 0 Å². The molecule has 0 radical (unpaired) electrons. The molecule has 2 aromatic heterocycles. The molecule has 0 aliphatic carbocycles. The highest BCUT2D eigenvalue weighted by atomic mass is 16.6. The number of aryl methyl sites for hydroxylation is 1. The lowest BCUT2D eigenvalue weighted by atomic mass is 9.84. The van der Waals surface area contributed by atoms with Gasteiger partial charge in [0, 0.05) is 37.0 Å². The van der Waals surface area contributed by atoms with Crippen LogP contribution in [0.2, 0.25) is 0 Å². The Balaban J connectivity index is 1.45. The summed E-state index contributed by atoms with van der Waals surface area (Å²) in [5.41, 5.74) is 2.40. The van der Waals surface area contributed by atoms with E-state index in [2.05, 4.69) is 32.1 Å². The quantitative estimate of drug-likeness (QED) is 0.550. The maximum atomic E-state index is 12.6. The summed E-state index contributed by atoms with van der Waals surface area (Å²) >= 11 is 0. The molecule has 38 heavy (non-hydrogen) atoms. The fourth-order valence-corrected chi connectivity index (χ4v) is 5.13. The number of fused-ring (bicyclic) bond motifs is 1. The Hall–Kier alpha value is -3.44. The number of carbonyl (C=O) groups excluding carboxylic acids is 1. The maximum Gasteiger partial charge on any atom is 0.410 e. The van der Waals surface area contributed by atoms with Gasteiger partial charge < -0.3 is 29.1 Å². The molecule has 2 aliphatic heterocycles. The van der Waals surface area contributed by atoms with E-state index in [0.717, 1.165) is 40.9 Å². The Bertz CT molecular complexity index is 1310. The second kappa shape index (κ2) is 10.4. The van der Waals surface area contributed by atoms with E-state index in [1.165, 1.54) is 0 Å². The number of anilines is 1. The molecule has 4 heterocycles. The third kappa shape index (κ3) is 5.39. The van der Waals surface area contributed by atoms with Crippen LogP contribution in [0.4, 0.5) is 10.6 Å². The molecule has 1 aromatic carbocycles. The predicted molar refractivity (Wildman–Crippen MR) is 142 cm³/mol. The number of amides is 1. The molecule has 2 fully saturated rings. The summed E-state index contributed by atoms with van der Waals surface area (Å²) in [5, 5.41) is 16.7. The Morgan fingerprint density at radius 3 is 2.53 bits per heavy atom. The largest absolute Gasteiger partial charge is 0.467 e. The number of methoxy groups -OCH3 is 1. The minimum atomic E-state index is -0.712. The van der Waals surface area contributed by atoms with Crippen molar-refractivity contribution in [3.8, 4) is 11.8 Å². The van der Waals surface area contributed by atoms with Crippen molar-refractivity contribution in [1.29, 1.82) is 0 Å². The van der Waals surface area contributed by atoms with Crippen molar-refractivity contribution in [2.45, 2.75) is 51.7 Å². The minimum absolute atomic E-state index is 0.120. The highest BCUT2D eigenvalue weighted by Crippen LogP contribution is 2.34. The Labute approximate surface area is 222 Å². The second-order valence-electron chi connectivity index (χ2n) is 10.9. The van der Waals surface area contributed by atoms with Gasteiger partial charge in [-0.3, -0.25) is 0 Å². The van der Waals surface area contributed by atoms with Crippen LogP contribution in [-0.4, -0.2) is 94.1 Å². The summed E-state index contributed by atoms with van der Waals surface area (Å²) in [6.45, 7) is 11.1. The normalized spacial score (nSPS) is 20.6. The van der Waals surface area contributed by atoms with Gasteiger partial charge in [0.05, 0.1) is 44.7 Å². The van der Waals surface area contributed by atoms with Gasteiger partial charge in [0.25, 0.3) is 0 Å². The van der Waals surface area contributed by atoms with E-state index in [0.29, 0.717) is 32.0 Å². The van der Waals surface area contributed by atoms with Gasteiger partial charge >= 0.3 is 12.1 Å². The van der Waals surface area contributed by atoms with Crippen LogP contribution in [0.15, 0.2) is 24.4 Å². The molecule has 5 rings (SSSR count). The second-order valence-corrected chi connectivity index (χ2v) is 10.9. The maximum absolute atomic E-state index is 12.6. The van der Waals surface area contributed by atoms with Gasteiger partial charge in [0.1, 0.15) is 11.4 Å². The van der Waals surface area contributed by atoms with Crippen molar-refractivity contribution < 1.29 is 24.1 Å². The average Bonchev–Trinajstić information content (AvgIpc) is 3.30. The number of benzene rings is 1. The van der Waals surface area contributed by atoms with E-state index in [1.54, 1.807) is 16.7 Å². The van der Waals surface area contributed by atoms with E-state index in [4.69, 9.17) is 14.2 Å². The van der Waals surface area contributed by atoms with Gasteiger partial charge in [-0.15, -0.1) is 0 Å². The molecule has 11 nitrogen and oxygen atoms in total. The Morgan fingerprint density at radius 2 is 1.84 bits per heavy atom. The number of aromatic nitrogens is 4. The lowest BCUT2D eigenvalue weighted by Crippen LogP contribution is -2.47. The molecule has 0 unspecified atom stereocenters. The van der Waals surface area contributed by atoms with Crippen LogP contribution in [0.25, 0.3) is 16.7 Å². The Morgan fingerprint density at radius 1 is 1.11 bits per heavy atom. The highest BCUT2D eigenvalue weighted by Gasteiger charge is 2.34. The van der Waals surface area contributed by atoms with Crippen LogP contribution in [0.3, 0.4) is 0 Å². The van der Waals surface area contributed by atoms with Crippen molar-refractivity contribution in [3.05, 3.63) is 35.5 Å². The summed E-state index contributed by atoms with van der Waals surface area (Å²) < 4.78 is 18.2. The summed E-state index contributed by atoms with van der Waals surface area (Å²) in [4.78, 5) is 25.4. The summed E-state index contributed by atoms with van der Waals surface area (Å²) in [7, 11) is 1.55. The number of carbonyl (C=O) groups is 1. The molecule has 204 valence electrons. The molecule has 1 amide bonds. The number of hydrogen-bond donors (Lipinski definition) is 1. The first kappa shape index (κ1) is 26.2. The molecule has 0 saturated carbocycles. The number of β-amino-alcohol motifs (C(OH)–C–C–N with tert-alkyl or cyclic N) is 1. The average molecular weight is 525 g/mol. The zero-order chi connectivity index (χ0) is 27.0. The van der Waals surface area contributed by atoms with Crippen LogP contribution in [0, 0.1) is 6.92 Å². The van der Waals surface area contributed by atoms with Gasteiger partial charge in [-0.2, -0.15) is 15.1 Å². The van der Waals surface area contributed by atoms with Gasteiger partial charge in [0.15, 0.2) is 5.82 Å². The summed E-state index contributed by atoms with van der Waals surface area (Å²) in [6, 6.07) is 6.35. The molecule has 1 N–H and O–H groups in total. The van der Waals surface area contributed by atoms with Crippen LogP contribution >= 0.6 is 0 Å². The number of likely N-dealkylation sites (tertiary alicyclic amines) is 1. The lowest BCUT2D eigenvalue weighted by molar-refractivity contribution is -0.00155. The van der Waals surface area contributed by atoms with Crippen molar-refractivity contribution in [1.82, 2.24) is 24.6 Å². The van der Waals surface area contributed by atoms with Gasteiger partial charge in [-0.1, -0.05) is 0 Å². The highest BCUT2D eigenvalue weighted by molar-refractivity contribution is 5.82. The first-order valence-corrected chi connectivity index (χ1v) is 13.0. The first-order chi connectivity index (χ1) is 18.1. The molecular weight excluding hydrogens is 488 g/mol. The Kier molecular flexibility index (Phi) is 7.15. The fraction of sp³-hybridized carbons (Fsp3) is 0.556. The van der Waals surface area contributed by atoms with Gasteiger partial charge in [-0.25, -0.2) is 9.48 Å². The number of ether oxygens (including phenoxy) is 3. The SMILES string of the molecule is COc1nc(N2CCOCC2)cc(-n2ncc3cc(C)c([C@H]4CCN(C(=O)OC(C)(C)C)C[C@@H]4O)cc32)n1. The van der Waals surface area contributed by atoms with E-state index in [1.807, 2.05) is 40.0 Å². The molecule has 2 saturated heterocycles. The van der Waals surface area contributed by atoms with Crippen LogP contribution < -0.4 is 9.64 Å². The number of nitrogens with zero attached hydrogens (tertiary/aromatic N) is 6. The number of aliphatic hydroxyl groups excluding tert-OH is 1. The van der Waals surface area contributed by atoms with Crippen molar-refractivity contribution in [2.24, 2.45) is 0 Å². The zero-order valence-electron chi connectivity index (χ0n) is 22.7. The molecule has 3 aromatic rings. The van der Waals surface area contributed by atoms with Crippen molar-refractivity contribution in [2.75, 3.05) is 51.4 Å². The number of aliphatic hydroxyl groups is 1.